The molecule has 1 heterocycles. The monoisotopic (exact) mass is 454 g/mol. The Labute approximate surface area is 167 Å². The summed E-state index contributed by atoms with van der Waals surface area (Å²) in [5, 5.41) is 3.74. The molecule has 13 heteroatoms. The number of carbonyl (C=O) groups excluding carboxylic acids is 2. The number of nitrogens with one attached hydrogen (secondary N) is 2. The minimum atomic E-state index is -3.83. The lowest BCUT2D eigenvalue weighted by Crippen LogP contribution is -2.32. The van der Waals surface area contributed by atoms with E-state index in [-0.39, 0.29) is 20.7 Å². The normalized spacial score (nSPS) is 11.3. The van der Waals surface area contributed by atoms with Crippen LogP contribution in [-0.2, 0) is 24.3 Å². The molecular formula is C15H13ClF2N2O6S2. The molecule has 0 aliphatic rings. The second-order valence-electron chi connectivity index (χ2n) is 4.99. The van der Waals surface area contributed by atoms with Gasteiger partial charge in [0.1, 0.15) is 16.5 Å². The standard InChI is InChI=1S/C15H13ClF2N2O6S2/c16-10-6-9(3-4-11(10)26-15(17)18)20-12(21)8-25-13(22)7-19-28(23,24)14-2-1-5-27-14/h1-6,15,19H,7-8H2,(H,20,21). The van der Waals surface area contributed by atoms with Crippen LogP contribution in [-0.4, -0.2) is 40.1 Å². The fraction of sp³-hybridized carbons (Fsp3) is 0.200. The Morgan fingerprint density at radius 1 is 1.25 bits per heavy atom. The van der Waals surface area contributed by atoms with Crippen molar-refractivity contribution < 1.29 is 36.3 Å². The predicted molar refractivity (Wildman–Crippen MR) is 97.2 cm³/mol. The lowest BCUT2D eigenvalue weighted by Gasteiger charge is -2.10. The zero-order chi connectivity index (χ0) is 20.7. The Kier molecular flexibility index (Phi) is 7.69. The predicted octanol–water partition coefficient (Wildman–Crippen LogP) is 2.46. The van der Waals surface area contributed by atoms with Crippen molar-refractivity contribution in [1.29, 1.82) is 0 Å². The highest BCUT2D eigenvalue weighted by molar-refractivity contribution is 7.91. The fourth-order valence-electron chi connectivity index (χ4n) is 1.81. The van der Waals surface area contributed by atoms with Crippen LogP contribution in [0.4, 0.5) is 14.5 Å². The molecule has 0 atom stereocenters. The van der Waals surface area contributed by atoms with E-state index in [1.807, 2.05) is 4.72 Å². The summed E-state index contributed by atoms with van der Waals surface area (Å²) in [6, 6.07) is 6.48. The van der Waals surface area contributed by atoms with E-state index in [0.29, 0.717) is 0 Å². The van der Waals surface area contributed by atoms with Crippen molar-refractivity contribution in [3.8, 4) is 5.75 Å². The third kappa shape index (κ3) is 6.71. The maximum atomic E-state index is 12.2. The highest BCUT2D eigenvalue weighted by Gasteiger charge is 2.17. The van der Waals surface area contributed by atoms with Gasteiger partial charge in [-0.1, -0.05) is 17.7 Å². The van der Waals surface area contributed by atoms with Crippen LogP contribution in [0.15, 0.2) is 39.9 Å². The number of rotatable bonds is 9. The molecule has 2 aromatic rings. The maximum Gasteiger partial charge on any atom is 0.387 e. The van der Waals surface area contributed by atoms with Gasteiger partial charge in [-0.2, -0.15) is 13.5 Å². The van der Waals surface area contributed by atoms with Crippen molar-refractivity contribution >= 4 is 50.5 Å². The van der Waals surface area contributed by atoms with Gasteiger partial charge in [0, 0.05) is 5.69 Å². The van der Waals surface area contributed by atoms with Gasteiger partial charge in [-0.3, -0.25) is 9.59 Å². The first kappa shape index (κ1) is 22.0. The summed E-state index contributed by atoms with van der Waals surface area (Å²) in [5.74, 6) is -1.97. The second-order valence-corrected chi connectivity index (χ2v) is 8.34. The van der Waals surface area contributed by atoms with Crippen LogP contribution < -0.4 is 14.8 Å². The Bertz CT molecular complexity index is 938. The van der Waals surface area contributed by atoms with Crippen molar-refractivity contribution in [1.82, 2.24) is 4.72 Å². The van der Waals surface area contributed by atoms with E-state index in [9.17, 15) is 26.8 Å². The molecule has 0 aliphatic heterocycles. The quantitative estimate of drug-likeness (QED) is 0.563. The van der Waals surface area contributed by atoms with E-state index in [0.717, 1.165) is 17.4 Å². The Morgan fingerprint density at radius 3 is 2.61 bits per heavy atom. The molecule has 28 heavy (non-hydrogen) atoms. The van der Waals surface area contributed by atoms with Gasteiger partial charge < -0.3 is 14.8 Å². The average Bonchev–Trinajstić information content (AvgIpc) is 3.16. The van der Waals surface area contributed by atoms with Crippen LogP contribution >= 0.6 is 22.9 Å². The maximum absolute atomic E-state index is 12.2. The van der Waals surface area contributed by atoms with Crippen molar-refractivity contribution in [2.75, 3.05) is 18.5 Å². The van der Waals surface area contributed by atoms with Crippen LogP contribution in [0.5, 0.6) is 5.75 Å². The number of ether oxygens (including phenoxy) is 2. The van der Waals surface area contributed by atoms with Gasteiger partial charge in [-0.25, -0.2) is 8.42 Å². The van der Waals surface area contributed by atoms with E-state index in [2.05, 4.69) is 14.8 Å². The van der Waals surface area contributed by atoms with Crippen molar-refractivity contribution in [2.45, 2.75) is 10.8 Å². The number of anilines is 1. The molecule has 0 unspecified atom stereocenters. The summed E-state index contributed by atoms with van der Waals surface area (Å²) in [4.78, 5) is 23.3. The van der Waals surface area contributed by atoms with Crippen LogP contribution in [0.2, 0.25) is 5.02 Å². The van der Waals surface area contributed by atoms with Gasteiger partial charge in [0.15, 0.2) is 6.61 Å². The molecule has 152 valence electrons. The number of benzene rings is 1. The van der Waals surface area contributed by atoms with Gasteiger partial charge >= 0.3 is 12.6 Å². The minimum absolute atomic E-state index is 0.0363. The summed E-state index contributed by atoms with van der Waals surface area (Å²) < 4.78 is 58.9. The first-order valence-corrected chi connectivity index (χ1v) is 10.1. The molecular weight excluding hydrogens is 442 g/mol. The molecule has 0 fully saturated rings. The van der Waals surface area contributed by atoms with Crippen LogP contribution in [0.25, 0.3) is 0 Å². The molecule has 0 bridgehead atoms. The van der Waals surface area contributed by atoms with E-state index in [1.54, 1.807) is 11.4 Å². The third-order valence-electron chi connectivity index (χ3n) is 2.96. The Balaban J connectivity index is 1.79. The summed E-state index contributed by atoms with van der Waals surface area (Å²) in [7, 11) is -3.83. The minimum Gasteiger partial charge on any atom is -0.455 e. The first-order chi connectivity index (χ1) is 13.2. The van der Waals surface area contributed by atoms with Crippen molar-refractivity contribution in [3.63, 3.8) is 0 Å². The van der Waals surface area contributed by atoms with Gasteiger partial charge in [0.25, 0.3) is 15.9 Å². The Hall–Kier alpha value is -2.28. The summed E-state index contributed by atoms with van der Waals surface area (Å²) in [6.45, 7) is -4.39. The zero-order valence-corrected chi connectivity index (χ0v) is 16.2. The van der Waals surface area contributed by atoms with Crippen molar-refractivity contribution in [2.24, 2.45) is 0 Å². The van der Waals surface area contributed by atoms with Gasteiger partial charge in [-0.15, -0.1) is 11.3 Å². The zero-order valence-electron chi connectivity index (χ0n) is 13.9. The van der Waals surface area contributed by atoms with E-state index < -0.39 is 41.7 Å². The second kappa shape index (κ2) is 9.78. The number of halogens is 3. The largest absolute Gasteiger partial charge is 0.455 e. The summed E-state index contributed by atoms with van der Waals surface area (Å²) in [5.41, 5.74) is 0.158. The molecule has 0 saturated heterocycles. The molecule has 8 nitrogen and oxygen atoms in total. The molecule has 0 radical (unpaired) electrons. The van der Waals surface area contributed by atoms with E-state index >= 15 is 0 Å². The number of esters is 1. The lowest BCUT2D eigenvalue weighted by atomic mass is 10.3. The van der Waals surface area contributed by atoms with Crippen LogP contribution in [0.1, 0.15) is 0 Å². The van der Waals surface area contributed by atoms with Crippen molar-refractivity contribution in [3.05, 3.63) is 40.7 Å². The van der Waals surface area contributed by atoms with Crippen LogP contribution in [0, 0.1) is 0 Å². The lowest BCUT2D eigenvalue weighted by molar-refractivity contribution is -0.146. The number of sulfonamides is 1. The van der Waals surface area contributed by atoms with E-state index in [1.165, 1.54) is 18.2 Å². The Morgan fingerprint density at radius 2 is 2.00 bits per heavy atom. The number of carbonyl (C=O) groups is 2. The van der Waals surface area contributed by atoms with Crippen LogP contribution in [0.3, 0.4) is 0 Å². The molecule has 1 amide bonds. The van der Waals surface area contributed by atoms with E-state index in [4.69, 9.17) is 11.6 Å². The molecule has 1 aromatic carbocycles. The molecule has 0 saturated carbocycles. The molecule has 0 spiro atoms. The topological polar surface area (TPSA) is 111 Å². The fourth-order valence-corrected chi connectivity index (χ4v) is 4.04. The van der Waals surface area contributed by atoms with Gasteiger partial charge in [-0.05, 0) is 29.6 Å². The number of hydrogen-bond acceptors (Lipinski definition) is 7. The molecule has 2 N–H and O–H groups in total. The highest BCUT2D eigenvalue weighted by atomic mass is 35.5. The molecule has 2 rings (SSSR count). The third-order valence-corrected chi connectivity index (χ3v) is 6.06. The number of amides is 1. The highest BCUT2D eigenvalue weighted by Crippen LogP contribution is 2.28. The van der Waals surface area contributed by atoms with Gasteiger partial charge in [0.2, 0.25) is 0 Å². The summed E-state index contributed by atoms with van der Waals surface area (Å²) in [6.07, 6.45) is 0. The smallest absolute Gasteiger partial charge is 0.387 e. The molecule has 0 aliphatic carbocycles. The summed E-state index contributed by atoms with van der Waals surface area (Å²) >= 11 is 6.73. The number of thiophene rings is 1. The molecule has 1 aromatic heterocycles. The average molecular weight is 455 g/mol. The van der Waals surface area contributed by atoms with Gasteiger partial charge in [0.05, 0.1) is 5.02 Å². The SMILES string of the molecule is O=C(COC(=O)CNS(=O)(=O)c1cccs1)Nc1ccc(OC(F)F)c(Cl)c1. The number of alkyl halides is 2. The first-order valence-electron chi connectivity index (χ1n) is 7.40. The number of hydrogen-bond donors (Lipinski definition) is 2.